The summed E-state index contributed by atoms with van der Waals surface area (Å²) in [6, 6.07) is 17.1. The second-order valence-corrected chi connectivity index (χ2v) is 6.20. The van der Waals surface area contributed by atoms with Crippen molar-refractivity contribution in [3.8, 4) is 0 Å². The van der Waals surface area contributed by atoms with Gasteiger partial charge in [-0.25, -0.2) is 0 Å². The predicted octanol–water partition coefficient (Wildman–Crippen LogP) is 3.28. The molecule has 1 N–H and O–H groups in total. The number of hydrogen-bond acceptors (Lipinski definition) is 2. The lowest BCUT2D eigenvalue weighted by atomic mass is 9.93. The van der Waals surface area contributed by atoms with E-state index in [1.807, 2.05) is 54.6 Å². The first kappa shape index (κ1) is 13.5. The number of hydrogen-bond donors (Lipinski definition) is 1. The molecule has 4 rings (SSSR count). The van der Waals surface area contributed by atoms with Crippen LogP contribution in [0, 0.1) is 0 Å². The molecule has 1 unspecified atom stereocenters. The van der Waals surface area contributed by atoms with Gasteiger partial charge >= 0.3 is 0 Å². The van der Waals surface area contributed by atoms with Crippen molar-refractivity contribution < 1.29 is 9.90 Å². The average Bonchev–Trinajstić information content (AvgIpc) is 3.16. The minimum Gasteiger partial charge on any atom is -0.363 e. The number of amides is 1. The molecule has 1 aliphatic heterocycles. The Balaban J connectivity index is 1.92. The Morgan fingerprint density at radius 3 is 2.32 bits per heavy atom. The van der Waals surface area contributed by atoms with E-state index in [9.17, 15) is 9.90 Å². The van der Waals surface area contributed by atoms with Crippen LogP contribution in [-0.4, -0.2) is 22.0 Å². The molecule has 0 saturated heterocycles. The highest BCUT2D eigenvalue weighted by Gasteiger charge is 2.52. The van der Waals surface area contributed by atoms with Gasteiger partial charge in [-0.3, -0.25) is 9.69 Å². The molecule has 1 saturated carbocycles. The van der Waals surface area contributed by atoms with Crippen LogP contribution in [0.25, 0.3) is 0 Å². The lowest BCUT2D eigenvalue weighted by Crippen LogP contribution is -2.49. The van der Waals surface area contributed by atoms with E-state index in [1.165, 1.54) is 0 Å². The van der Waals surface area contributed by atoms with Crippen LogP contribution in [0.3, 0.4) is 0 Å². The molecular formula is C19H19NO2. The molecule has 0 radical (unpaired) electrons. The summed E-state index contributed by atoms with van der Waals surface area (Å²) in [5, 5.41) is 11.6. The van der Waals surface area contributed by atoms with Crippen LogP contribution in [0.1, 0.15) is 47.2 Å². The zero-order valence-electron chi connectivity index (χ0n) is 12.4. The molecule has 1 heterocycles. The van der Waals surface area contributed by atoms with E-state index in [0.717, 1.165) is 31.2 Å². The Kier molecular flexibility index (Phi) is 3.05. The van der Waals surface area contributed by atoms with Gasteiger partial charge in [-0.05, 0) is 18.9 Å². The molecule has 0 bridgehead atoms. The summed E-state index contributed by atoms with van der Waals surface area (Å²) in [6.45, 7) is 0. The third-order valence-corrected chi connectivity index (χ3v) is 4.97. The van der Waals surface area contributed by atoms with Gasteiger partial charge in [0.2, 0.25) is 0 Å². The highest BCUT2D eigenvalue weighted by molar-refractivity contribution is 6.00. The molecule has 2 aliphatic rings. The van der Waals surface area contributed by atoms with Gasteiger partial charge in [0, 0.05) is 22.7 Å². The van der Waals surface area contributed by atoms with Crippen molar-refractivity contribution in [3.63, 3.8) is 0 Å². The second-order valence-electron chi connectivity index (χ2n) is 6.20. The van der Waals surface area contributed by atoms with Crippen LogP contribution in [0.15, 0.2) is 54.6 Å². The van der Waals surface area contributed by atoms with Gasteiger partial charge in [0.05, 0.1) is 0 Å². The number of benzene rings is 2. The second kappa shape index (κ2) is 4.96. The molecule has 2 aromatic rings. The van der Waals surface area contributed by atoms with E-state index in [0.29, 0.717) is 11.1 Å². The number of aliphatic hydroxyl groups is 1. The van der Waals surface area contributed by atoms with Crippen molar-refractivity contribution in [2.75, 3.05) is 0 Å². The van der Waals surface area contributed by atoms with Crippen LogP contribution >= 0.6 is 0 Å². The third kappa shape index (κ3) is 1.75. The fourth-order valence-corrected chi connectivity index (χ4v) is 3.94. The summed E-state index contributed by atoms with van der Waals surface area (Å²) < 4.78 is 0. The van der Waals surface area contributed by atoms with Crippen LogP contribution in [0.4, 0.5) is 0 Å². The quantitative estimate of drug-likeness (QED) is 0.923. The zero-order chi connectivity index (χ0) is 15.2. The normalized spacial score (nSPS) is 24.8. The molecule has 3 nitrogen and oxygen atoms in total. The van der Waals surface area contributed by atoms with Crippen LogP contribution in [-0.2, 0) is 5.72 Å². The van der Waals surface area contributed by atoms with Gasteiger partial charge in [-0.15, -0.1) is 0 Å². The highest BCUT2D eigenvalue weighted by atomic mass is 16.3. The van der Waals surface area contributed by atoms with Gasteiger partial charge in [0.1, 0.15) is 0 Å². The maximum atomic E-state index is 12.9. The molecule has 1 fully saturated rings. The summed E-state index contributed by atoms with van der Waals surface area (Å²) in [6.07, 6.45) is 4.18. The molecular weight excluding hydrogens is 274 g/mol. The summed E-state index contributed by atoms with van der Waals surface area (Å²) in [7, 11) is 0. The van der Waals surface area contributed by atoms with E-state index >= 15 is 0 Å². The molecule has 0 spiro atoms. The standard InChI is InChI=1S/C19H19NO2/c21-18-16-12-6-7-13-17(16)19(22,14-8-2-1-3-9-14)20(18)15-10-4-5-11-15/h1-3,6-9,12-13,15,22H,4-5,10-11H2. The van der Waals surface area contributed by atoms with Crippen molar-refractivity contribution in [2.24, 2.45) is 0 Å². The van der Waals surface area contributed by atoms with Crippen molar-refractivity contribution in [2.45, 2.75) is 37.5 Å². The van der Waals surface area contributed by atoms with Gasteiger partial charge in [-0.1, -0.05) is 61.4 Å². The van der Waals surface area contributed by atoms with E-state index in [1.54, 1.807) is 4.90 Å². The fraction of sp³-hybridized carbons (Fsp3) is 0.316. The first-order valence-corrected chi connectivity index (χ1v) is 7.94. The summed E-state index contributed by atoms with van der Waals surface area (Å²) in [4.78, 5) is 14.7. The fourth-order valence-electron chi connectivity index (χ4n) is 3.94. The average molecular weight is 293 g/mol. The zero-order valence-corrected chi connectivity index (χ0v) is 12.4. The maximum absolute atomic E-state index is 12.9. The smallest absolute Gasteiger partial charge is 0.257 e. The number of carbonyl (C=O) groups excluding carboxylic acids is 1. The lowest BCUT2D eigenvalue weighted by molar-refractivity contribution is -0.0687. The van der Waals surface area contributed by atoms with Crippen molar-refractivity contribution in [3.05, 3.63) is 71.3 Å². The largest absolute Gasteiger partial charge is 0.363 e. The Morgan fingerprint density at radius 1 is 0.955 bits per heavy atom. The third-order valence-electron chi connectivity index (χ3n) is 4.97. The van der Waals surface area contributed by atoms with E-state index in [4.69, 9.17) is 0 Å². The topological polar surface area (TPSA) is 40.5 Å². The van der Waals surface area contributed by atoms with Gasteiger partial charge in [-0.2, -0.15) is 0 Å². The van der Waals surface area contributed by atoms with Crippen LogP contribution in [0.5, 0.6) is 0 Å². The minimum absolute atomic E-state index is 0.0474. The molecule has 2 aromatic carbocycles. The van der Waals surface area contributed by atoms with Crippen molar-refractivity contribution in [1.82, 2.24) is 4.90 Å². The van der Waals surface area contributed by atoms with Crippen LogP contribution in [0.2, 0.25) is 0 Å². The van der Waals surface area contributed by atoms with Crippen molar-refractivity contribution >= 4 is 5.91 Å². The Hall–Kier alpha value is -2.13. The van der Waals surface area contributed by atoms with E-state index < -0.39 is 5.72 Å². The monoisotopic (exact) mass is 293 g/mol. The van der Waals surface area contributed by atoms with Gasteiger partial charge in [0.25, 0.3) is 5.91 Å². The molecule has 3 heteroatoms. The Labute approximate surface area is 130 Å². The summed E-state index contributed by atoms with van der Waals surface area (Å²) in [5.41, 5.74) is 0.753. The molecule has 1 amide bonds. The van der Waals surface area contributed by atoms with Crippen molar-refractivity contribution in [1.29, 1.82) is 0 Å². The first-order chi connectivity index (χ1) is 10.7. The predicted molar refractivity (Wildman–Crippen MR) is 84.3 cm³/mol. The first-order valence-electron chi connectivity index (χ1n) is 7.94. The number of rotatable bonds is 2. The number of fused-ring (bicyclic) bond motifs is 1. The molecule has 0 aromatic heterocycles. The minimum atomic E-state index is -1.34. The van der Waals surface area contributed by atoms with Crippen LogP contribution < -0.4 is 0 Å². The van der Waals surface area contributed by atoms with E-state index in [2.05, 4.69) is 0 Å². The Morgan fingerprint density at radius 2 is 1.59 bits per heavy atom. The molecule has 1 aliphatic carbocycles. The lowest BCUT2D eigenvalue weighted by Gasteiger charge is -2.38. The maximum Gasteiger partial charge on any atom is 0.257 e. The van der Waals surface area contributed by atoms with Gasteiger partial charge in [0.15, 0.2) is 5.72 Å². The molecule has 1 atom stereocenters. The summed E-state index contributed by atoms with van der Waals surface area (Å²) in [5.74, 6) is -0.0474. The molecule has 22 heavy (non-hydrogen) atoms. The highest BCUT2D eigenvalue weighted by Crippen LogP contribution is 2.45. The SMILES string of the molecule is O=C1c2ccccc2C(O)(c2ccccc2)N1C1CCCC1. The number of carbonyl (C=O) groups is 1. The Bertz CT molecular complexity index is 706. The number of nitrogens with zero attached hydrogens (tertiary/aromatic N) is 1. The van der Waals surface area contributed by atoms with E-state index in [-0.39, 0.29) is 11.9 Å². The summed E-state index contributed by atoms with van der Waals surface area (Å²) >= 11 is 0. The van der Waals surface area contributed by atoms with Gasteiger partial charge < -0.3 is 5.11 Å². The molecule has 112 valence electrons.